The summed E-state index contributed by atoms with van der Waals surface area (Å²) >= 11 is 3.34. The number of sulfone groups is 2. The molecule has 0 amide bonds. The molecule has 50 heavy (non-hydrogen) atoms. The van der Waals surface area contributed by atoms with Gasteiger partial charge in [0, 0.05) is 23.6 Å². The van der Waals surface area contributed by atoms with Gasteiger partial charge in [0.25, 0.3) is 0 Å². The van der Waals surface area contributed by atoms with Crippen molar-refractivity contribution in [1.29, 1.82) is 0 Å². The molecule has 2 aliphatic heterocycles. The fourth-order valence-corrected chi connectivity index (χ4v) is 9.09. The summed E-state index contributed by atoms with van der Waals surface area (Å²) in [6.45, 7) is 4.28. The highest BCUT2D eigenvalue weighted by Gasteiger charge is 2.52. The van der Waals surface area contributed by atoms with Gasteiger partial charge in [0.15, 0.2) is 30.9 Å². The Hall–Kier alpha value is -3.54. The Labute approximate surface area is 302 Å². The lowest BCUT2D eigenvalue weighted by molar-refractivity contribution is -0.128. The normalized spacial score (nSPS) is 19.7. The summed E-state index contributed by atoms with van der Waals surface area (Å²) in [5, 5.41) is 0. The molecule has 264 valence electrons. The Balaban J connectivity index is 0.000000182. The van der Waals surface area contributed by atoms with Crippen LogP contribution in [0.2, 0.25) is 0 Å². The molecule has 2 spiro atoms. The summed E-state index contributed by atoms with van der Waals surface area (Å²) in [6.07, 6.45) is 9.23. The molecule has 2 fully saturated rings. The molecular weight excluding hydrogens is 740 g/mol. The quantitative estimate of drug-likeness (QED) is 0.246. The van der Waals surface area contributed by atoms with Crippen LogP contribution in [0.4, 0.5) is 0 Å². The maximum absolute atomic E-state index is 13.5. The zero-order valence-corrected chi connectivity index (χ0v) is 31.8. The molecule has 3 aromatic rings. The summed E-state index contributed by atoms with van der Waals surface area (Å²) in [5.41, 5.74) is 2.65. The van der Waals surface area contributed by atoms with Crippen molar-refractivity contribution in [2.75, 3.05) is 12.5 Å². The molecule has 3 aromatic carbocycles. The number of benzene rings is 3. The van der Waals surface area contributed by atoms with E-state index in [2.05, 4.69) is 41.9 Å². The van der Waals surface area contributed by atoms with Crippen molar-refractivity contribution < 1.29 is 35.9 Å². The topological polar surface area (TPSA) is 121 Å². The largest absolute Gasteiger partial charge is 0.478 e. The Morgan fingerprint density at radius 2 is 0.960 bits per heavy atom. The lowest BCUT2D eigenvalue weighted by Gasteiger charge is -2.22. The van der Waals surface area contributed by atoms with Crippen molar-refractivity contribution in [3.05, 3.63) is 99.5 Å². The van der Waals surface area contributed by atoms with Crippen molar-refractivity contribution in [3.8, 4) is 0 Å². The van der Waals surface area contributed by atoms with Crippen molar-refractivity contribution in [2.24, 2.45) is 0 Å². The molecule has 4 aliphatic rings. The average Bonchev–Trinajstić information content (AvgIpc) is 3.87. The molecule has 0 atom stereocenters. The maximum atomic E-state index is 13.5. The highest BCUT2D eigenvalue weighted by molar-refractivity contribution is 9.12. The van der Waals surface area contributed by atoms with Crippen molar-refractivity contribution >= 4 is 64.3 Å². The number of hydrogen-bond donors (Lipinski definition) is 0. The van der Waals surface area contributed by atoms with Gasteiger partial charge in [-0.15, -0.1) is 0 Å². The van der Waals surface area contributed by atoms with E-state index in [1.165, 1.54) is 30.2 Å². The molecule has 11 heteroatoms. The summed E-state index contributed by atoms with van der Waals surface area (Å²) in [5.74, 6) is 1.55. The molecule has 8 nitrogen and oxygen atoms in total. The zero-order valence-electron chi connectivity index (χ0n) is 28.6. The van der Waals surface area contributed by atoms with Crippen LogP contribution < -0.4 is 0 Å². The smallest absolute Gasteiger partial charge is 0.217 e. The van der Waals surface area contributed by atoms with Gasteiger partial charge in [-0.05, 0) is 133 Å². The molecule has 2 heterocycles. The molecule has 0 N–H and O–H groups in total. The number of ketones is 2. The number of halogens is 1. The Bertz CT molecular complexity index is 2100. The van der Waals surface area contributed by atoms with E-state index in [0.29, 0.717) is 33.1 Å². The number of carbonyl (C=O) groups is 2. The Morgan fingerprint density at radius 1 is 0.580 bits per heavy atom. The second kappa shape index (κ2) is 13.5. The van der Waals surface area contributed by atoms with Crippen LogP contribution >= 0.6 is 15.9 Å². The molecule has 7 rings (SSSR count). The fraction of sp³-hybridized carbons (Fsp3) is 0.385. The molecule has 2 aliphatic carbocycles. The highest BCUT2D eigenvalue weighted by atomic mass is 79.9. The van der Waals surface area contributed by atoms with E-state index in [4.69, 9.17) is 9.47 Å². The van der Waals surface area contributed by atoms with Gasteiger partial charge in [0.05, 0.1) is 15.4 Å². The molecule has 0 bridgehead atoms. The third-order valence-corrected chi connectivity index (χ3v) is 13.0. The molecule has 0 unspecified atom stereocenters. The summed E-state index contributed by atoms with van der Waals surface area (Å²) in [7, 11) is -6.50. The van der Waals surface area contributed by atoms with Crippen LogP contribution in [0.5, 0.6) is 0 Å². The van der Waals surface area contributed by atoms with Gasteiger partial charge in [0.2, 0.25) is 11.6 Å². The van der Waals surface area contributed by atoms with E-state index >= 15 is 0 Å². The lowest BCUT2D eigenvalue weighted by atomic mass is 9.88. The van der Waals surface area contributed by atoms with Crippen LogP contribution in [-0.2, 0) is 38.7 Å². The lowest BCUT2D eigenvalue weighted by Crippen LogP contribution is -2.33. The van der Waals surface area contributed by atoms with Crippen LogP contribution in [0.15, 0.2) is 87.1 Å². The molecule has 0 aromatic heterocycles. The number of ether oxygens (including phenoxy) is 2. The van der Waals surface area contributed by atoms with E-state index in [-0.39, 0.29) is 21.4 Å². The van der Waals surface area contributed by atoms with Crippen LogP contribution in [-0.4, -0.2) is 52.1 Å². The van der Waals surface area contributed by atoms with E-state index < -0.39 is 30.9 Å². The number of rotatable bonds is 6. The Kier molecular flexibility index (Phi) is 9.82. The fourth-order valence-electron chi connectivity index (χ4n) is 7.16. The third kappa shape index (κ3) is 6.88. The number of Topliss-reactive ketones (excluding diaryl/α,β-unsaturated/α-hetero) is 2. The van der Waals surface area contributed by atoms with Gasteiger partial charge in [0.1, 0.15) is 16.0 Å². The second-order valence-corrected chi connectivity index (χ2v) is 18.8. The van der Waals surface area contributed by atoms with Gasteiger partial charge in [-0.3, -0.25) is 9.59 Å². The predicted molar refractivity (Wildman–Crippen MR) is 197 cm³/mol. The van der Waals surface area contributed by atoms with E-state index in [0.717, 1.165) is 62.5 Å². The van der Waals surface area contributed by atoms with Crippen molar-refractivity contribution in [3.63, 3.8) is 0 Å². The molecule has 2 saturated carbocycles. The van der Waals surface area contributed by atoms with Crippen LogP contribution in [0, 0.1) is 0 Å². The van der Waals surface area contributed by atoms with Crippen molar-refractivity contribution in [1.82, 2.24) is 0 Å². The average molecular weight is 782 g/mol. The summed E-state index contributed by atoms with van der Waals surface area (Å²) in [4.78, 5) is 26.4. The van der Waals surface area contributed by atoms with E-state index in [1.807, 2.05) is 12.1 Å². The maximum Gasteiger partial charge on any atom is 0.217 e. The van der Waals surface area contributed by atoms with Gasteiger partial charge >= 0.3 is 0 Å². The van der Waals surface area contributed by atoms with Crippen LogP contribution in [0.25, 0.3) is 17.1 Å². The predicted octanol–water partition coefficient (Wildman–Crippen LogP) is 8.06. The van der Waals surface area contributed by atoms with Gasteiger partial charge in [-0.2, -0.15) is 0 Å². The summed E-state index contributed by atoms with van der Waals surface area (Å²) in [6, 6.07) is 21.1. The zero-order chi connectivity index (χ0) is 36.1. The van der Waals surface area contributed by atoms with Crippen LogP contribution in [0.1, 0.15) is 93.4 Å². The molecular formula is C39H41BrO8S2. The van der Waals surface area contributed by atoms with Gasteiger partial charge in [-0.1, -0.05) is 38.1 Å². The molecule has 0 radical (unpaired) electrons. The van der Waals surface area contributed by atoms with Crippen molar-refractivity contribution in [2.45, 2.75) is 92.1 Å². The minimum atomic E-state index is -3.28. The van der Waals surface area contributed by atoms with Crippen LogP contribution in [0.3, 0.4) is 0 Å². The SMILES string of the molecule is CC(C)c1ccc(C2=C(c3ccc(S(C)(=O)=O)cc3)OC3(CCCC3)C2=O)cc1.CS(=O)(=O)c1ccc(C2=C(Br)C(=O)C3(CCCC3)O2)cc1. The standard InChI is InChI=1S/C24H26O4S.C15H15BrO4S/c1-16(2)17-6-8-18(9-7-17)21-22(28-24(23(21)25)14-4-5-15-24)19-10-12-20(13-11-19)29(3,26)27;1-21(18,19)11-6-4-10(5-7-11)13-12(16)14(17)15(20-13)8-2-3-9-15/h6-13,16H,4-5,14-15H2,1-3H3;4-7H,2-3,8-9H2,1H3. The monoisotopic (exact) mass is 780 g/mol. The summed E-state index contributed by atoms with van der Waals surface area (Å²) < 4.78 is 59.3. The first-order valence-electron chi connectivity index (χ1n) is 16.9. The number of hydrogen-bond acceptors (Lipinski definition) is 8. The van der Waals surface area contributed by atoms with E-state index in [9.17, 15) is 26.4 Å². The first-order chi connectivity index (χ1) is 23.5. The highest BCUT2D eigenvalue weighted by Crippen LogP contribution is 2.49. The molecule has 0 saturated heterocycles. The first kappa shape index (κ1) is 36.3. The second-order valence-electron chi connectivity index (χ2n) is 14.0. The van der Waals surface area contributed by atoms with Gasteiger partial charge < -0.3 is 9.47 Å². The van der Waals surface area contributed by atoms with E-state index in [1.54, 1.807) is 36.4 Å². The number of carbonyl (C=O) groups excluding carboxylic acids is 2. The Morgan fingerprint density at radius 3 is 1.38 bits per heavy atom. The minimum absolute atomic E-state index is 0.00203. The first-order valence-corrected chi connectivity index (χ1v) is 21.5. The third-order valence-electron chi connectivity index (χ3n) is 10.1. The van der Waals surface area contributed by atoms with Gasteiger partial charge in [-0.25, -0.2) is 16.8 Å². The minimum Gasteiger partial charge on any atom is -0.478 e.